The molecule has 0 saturated carbocycles. The van der Waals surface area contributed by atoms with Crippen LogP contribution in [-0.4, -0.2) is 12.6 Å². The number of allylic oxidation sites excluding steroid dienone is 1. The van der Waals surface area contributed by atoms with Crippen molar-refractivity contribution in [3.8, 4) is 0 Å². The Balaban J connectivity index is 2.36. The standard InChI is InChI=1S/C9H14O2/c1-3-7(2)6-8-4-5-11-9(8)10/h8H,2-6H2,1H3. The van der Waals surface area contributed by atoms with E-state index in [-0.39, 0.29) is 11.9 Å². The van der Waals surface area contributed by atoms with E-state index < -0.39 is 0 Å². The highest BCUT2D eigenvalue weighted by Gasteiger charge is 2.26. The van der Waals surface area contributed by atoms with Gasteiger partial charge in [0.1, 0.15) is 0 Å². The predicted molar refractivity (Wildman–Crippen MR) is 43.1 cm³/mol. The second kappa shape index (κ2) is 3.56. The van der Waals surface area contributed by atoms with Crippen LogP contribution in [-0.2, 0) is 9.53 Å². The molecule has 0 aromatic carbocycles. The minimum atomic E-state index is -0.0420. The maximum atomic E-state index is 11.0. The highest BCUT2D eigenvalue weighted by molar-refractivity contribution is 5.74. The number of carbonyl (C=O) groups excluding carboxylic acids is 1. The van der Waals surface area contributed by atoms with E-state index in [2.05, 4.69) is 13.5 Å². The van der Waals surface area contributed by atoms with E-state index in [0.717, 1.165) is 24.8 Å². The molecule has 0 aromatic rings. The molecule has 2 nitrogen and oxygen atoms in total. The van der Waals surface area contributed by atoms with Crippen molar-refractivity contribution in [1.29, 1.82) is 0 Å². The predicted octanol–water partition coefficient (Wildman–Crippen LogP) is 1.91. The molecule has 1 heterocycles. The number of ether oxygens (including phenoxy) is 1. The topological polar surface area (TPSA) is 26.3 Å². The Morgan fingerprint density at radius 2 is 2.55 bits per heavy atom. The second-order valence-electron chi connectivity index (χ2n) is 2.96. The number of esters is 1. The number of carbonyl (C=O) groups is 1. The van der Waals surface area contributed by atoms with E-state index in [1.165, 1.54) is 0 Å². The summed E-state index contributed by atoms with van der Waals surface area (Å²) in [5, 5.41) is 0. The SMILES string of the molecule is C=C(CC)CC1CCOC1=O. The molecule has 0 radical (unpaired) electrons. The molecule has 1 saturated heterocycles. The van der Waals surface area contributed by atoms with E-state index in [0.29, 0.717) is 6.61 Å². The van der Waals surface area contributed by atoms with Crippen molar-refractivity contribution in [1.82, 2.24) is 0 Å². The summed E-state index contributed by atoms with van der Waals surface area (Å²) in [6.45, 7) is 6.52. The molecule has 0 N–H and O–H groups in total. The van der Waals surface area contributed by atoms with Crippen molar-refractivity contribution in [2.24, 2.45) is 5.92 Å². The Morgan fingerprint density at radius 3 is 3.00 bits per heavy atom. The Hall–Kier alpha value is -0.790. The third-order valence-corrected chi connectivity index (χ3v) is 2.08. The Morgan fingerprint density at radius 1 is 1.82 bits per heavy atom. The van der Waals surface area contributed by atoms with Gasteiger partial charge in [0.2, 0.25) is 0 Å². The van der Waals surface area contributed by atoms with Crippen LogP contribution in [0.3, 0.4) is 0 Å². The van der Waals surface area contributed by atoms with Crippen molar-refractivity contribution in [3.63, 3.8) is 0 Å². The maximum absolute atomic E-state index is 11.0. The quantitative estimate of drug-likeness (QED) is 0.458. The lowest BCUT2D eigenvalue weighted by molar-refractivity contribution is -0.141. The zero-order chi connectivity index (χ0) is 8.27. The van der Waals surface area contributed by atoms with Gasteiger partial charge in [-0.2, -0.15) is 0 Å². The van der Waals surface area contributed by atoms with Gasteiger partial charge in [-0.15, -0.1) is 0 Å². The average Bonchev–Trinajstić information content (AvgIpc) is 2.37. The first kappa shape index (κ1) is 8.31. The number of rotatable bonds is 3. The Labute approximate surface area is 67.2 Å². The molecular weight excluding hydrogens is 140 g/mol. The van der Waals surface area contributed by atoms with Crippen molar-refractivity contribution in [2.45, 2.75) is 26.2 Å². The third kappa shape index (κ3) is 2.07. The van der Waals surface area contributed by atoms with Crippen LogP contribution in [0, 0.1) is 5.92 Å². The van der Waals surface area contributed by atoms with Gasteiger partial charge in [0.15, 0.2) is 0 Å². The van der Waals surface area contributed by atoms with Gasteiger partial charge in [0.05, 0.1) is 12.5 Å². The molecule has 0 bridgehead atoms. The van der Waals surface area contributed by atoms with Gasteiger partial charge in [-0.1, -0.05) is 19.1 Å². The Kier molecular flexibility index (Phi) is 2.69. The van der Waals surface area contributed by atoms with E-state index >= 15 is 0 Å². The van der Waals surface area contributed by atoms with Crippen LogP contribution in [0.15, 0.2) is 12.2 Å². The fourth-order valence-electron chi connectivity index (χ4n) is 1.22. The second-order valence-corrected chi connectivity index (χ2v) is 2.96. The van der Waals surface area contributed by atoms with Gasteiger partial charge in [-0.3, -0.25) is 4.79 Å². The summed E-state index contributed by atoms with van der Waals surface area (Å²) < 4.78 is 4.83. The molecule has 1 aliphatic rings. The van der Waals surface area contributed by atoms with Crippen molar-refractivity contribution >= 4 is 5.97 Å². The van der Waals surface area contributed by atoms with Crippen molar-refractivity contribution < 1.29 is 9.53 Å². The molecule has 0 aliphatic carbocycles. The average molecular weight is 154 g/mol. The van der Waals surface area contributed by atoms with E-state index in [1.54, 1.807) is 0 Å². The Bertz CT molecular complexity index is 172. The fraction of sp³-hybridized carbons (Fsp3) is 0.667. The summed E-state index contributed by atoms with van der Waals surface area (Å²) in [7, 11) is 0. The molecular formula is C9H14O2. The first-order valence-electron chi connectivity index (χ1n) is 4.07. The minimum Gasteiger partial charge on any atom is -0.465 e. The normalized spacial score (nSPS) is 23.4. The molecule has 1 rings (SSSR count). The zero-order valence-electron chi connectivity index (χ0n) is 6.93. The van der Waals surface area contributed by atoms with Gasteiger partial charge in [0.25, 0.3) is 0 Å². The molecule has 0 amide bonds. The largest absolute Gasteiger partial charge is 0.465 e. The van der Waals surface area contributed by atoms with Crippen LogP contribution in [0.25, 0.3) is 0 Å². The smallest absolute Gasteiger partial charge is 0.309 e. The first-order valence-corrected chi connectivity index (χ1v) is 4.07. The van der Waals surface area contributed by atoms with E-state index in [4.69, 9.17) is 4.74 Å². The van der Waals surface area contributed by atoms with Crippen molar-refractivity contribution in [2.75, 3.05) is 6.61 Å². The summed E-state index contributed by atoms with van der Waals surface area (Å²) >= 11 is 0. The summed E-state index contributed by atoms with van der Waals surface area (Å²) in [6, 6.07) is 0. The fourth-order valence-corrected chi connectivity index (χ4v) is 1.22. The molecule has 1 atom stereocenters. The molecule has 1 unspecified atom stereocenters. The van der Waals surface area contributed by atoms with Crippen LogP contribution in [0.4, 0.5) is 0 Å². The first-order chi connectivity index (χ1) is 5.24. The number of cyclic esters (lactones) is 1. The van der Waals surface area contributed by atoms with Crippen LogP contribution < -0.4 is 0 Å². The summed E-state index contributed by atoms with van der Waals surface area (Å²) in [5.74, 6) is 0.0575. The summed E-state index contributed by atoms with van der Waals surface area (Å²) in [4.78, 5) is 11.0. The molecule has 11 heavy (non-hydrogen) atoms. The summed E-state index contributed by atoms with van der Waals surface area (Å²) in [6.07, 6.45) is 2.65. The molecule has 62 valence electrons. The molecule has 2 heteroatoms. The molecule has 0 aromatic heterocycles. The van der Waals surface area contributed by atoms with E-state index in [1.807, 2.05) is 0 Å². The van der Waals surface area contributed by atoms with Gasteiger partial charge >= 0.3 is 5.97 Å². The molecule has 1 aliphatic heterocycles. The molecule has 0 spiro atoms. The lowest BCUT2D eigenvalue weighted by Crippen LogP contribution is -2.07. The van der Waals surface area contributed by atoms with Crippen LogP contribution >= 0.6 is 0 Å². The highest BCUT2D eigenvalue weighted by atomic mass is 16.5. The zero-order valence-corrected chi connectivity index (χ0v) is 6.93. The number of hydrogen-bond acceptors (Lipinski definition) is 2. The molecule has 1 fully saturated rings. The minimum absolute atomic E-state index is 0.0420. The van der Waals surface area contributed by atoms with Gasteiger partial charge in [0, 0.05) is 0 Å². The van der Waals surface area contributed by atoms with Gasteiger partial charge < -0.3 is 4.74 Å². The number of hydrogen-bond donors (Lipinski definition) is 0. The highest BCUT2D eigenvalue weighted by Crippen LogP contribution is 2.22. The van der Waals surface area contributed by atoms with Crippen LogP contribution in [0.2, 0.25) is 0 Å². The van der Waals surface area contributed by atoms with Crippen LogP contribution in [0.5, 0.6) is 0 Å². The maximum Gasteiger partial charge on any atom is 0.309 e. The van der Waals surface area contributed by atoms with Crippen molar-refractivity contribution in [3.05, 3.63) is 12.2 Å². The van der Waals surface area contributed by atoms with Gasteiger partial charge in [-0.25, -0.2) is 0 Å². The summed E-state index contributed by atoms with van der Waals surface area (Å²) in [5.41, 5.74) is 1.15. The van der Waals surface area contributed by atoms with Crippen LogP contribution in [0.1, 0.15) is 26.2 Å². The lowest BCUT2D eigenvalue weighted by atomic mass is 9.98. The van der Waals surface area contributed by atoms with Gasteiger partial charge in [-0.05, 0) is 19.3 Å². The van der Waals surface area contributed by atoms with E-state index in [9.17, 15) is 4.79 Å². The monoisotopic (exact) mass is 154 g/mol. The lowest BCUT2D eigenvalue weighted by Gasteiger charge is -2.05. The third-order valence-electron chi connectivity index (χ3n) is 2.08.